The summed E-state index contributed by atoms with van der Waals surface area (Å²) in [7, 11) is 0. The zero-order valence-electron chi connectivity index (χ0n) is 6.24. The van der Waals surface area contributed by atoms with E-state index in [1.165, 1.54) is 16.7 Å². The highest BCUT2D eigenvalue weighted by molar-refractivity contribution is 8.03. The summed E-state index contributed by atoms with van der Waals surface area (Å²) in [6, 6.07) is 0. The highest BCUT2D eigenvalue weighted by Crippen LogP contribution is 2.20. The highest BCUT2D eigenvalue weighted by atomic mass is 32.2. The van der Waals surface area contributed by atoms with Crippen molar-refractivity contribution >= 4 is 17.9 Å². The van der Waals surface area contributed by atoms with Gasteiger partial charge in [0, 0.05) is 6.20 Å². The average Bonchev–Trinajstić information content (AvgIpc) is 2.36. The molecule has 62 valence electrons. The van der Waals surface area contributed by atoms with Gasteiger partial charge >= 0.3 is 6.09 Å². The number of ether oxygens (including phenoxy) is 1. The van der Waals surface area contributed by atoms with Gasteiger partial charge in [-0.25, -0.2) is 4.79 Å². The molecule has 0 saturated heterocycles. The van der Waals surface area contributed by atoms with Crippen molar-refractivity contribution in [3.05, 3.63) is 11.2 Å². The molecule has 1 aliphatic rings. The Morgan fingerprint density at radius 2 is 2.73 bits per heavy atom. The highest BCUT2D eigenvalue weighted by Gasteiger charge is 2.17. The van der Waals surface area contributed by atoms with E-state index >= 15 is 0 Å². The maximum Gasteiger partial charge on any atom is 0.414 e. The Morgan fingerprint density at radius 1 is 2.00 bits per heavy atom. The second-order valence-corrected chi connectivity index (χ2v) is 2.99. The second-order valence-electron chi connectivity index (χ2n) is 1.97. The second kappa shape index (κ2) is 3.52. The molecule has 0 unspecified atom stereocenters. The van der Waals surface area contributed by atoms with Gasteiger partial charge in [0.25, 0.3) is 0 Å². The van der Waals surface area contributed by atoms with Crippen molar-refractivity contribution in [3.8, 4) is 0 Å². The summed E-state index contributed by atoms with van der Waals surface area (Å²) in [5, 5.41) is 0.651. The van der Waals surface area contributed by atoms with Crippen LogP contribution in [0.3, 0.4) is 0 Å². The minimum absolute atomic E-state index is 0.333. The lowest BCUT2D eigenvalue weighted by molar-refractivity contribution is 0.128. The van der Waals surface area contributed by atoms with Crippen molar-refractivity contribution in [1.29, 1.82) is 0 Å². The van der Waals surface area contributed by atoms with Crippen LogP contribution in [0.4, 0.5) is 4.79 Å². The predicted octanol–water partition coefficient (Wildman–Crippen LogP) is 0.907. The normalized spacial score (nSPS) is 16.5. The summed E-state index contributed by atoms with van der Waals surface area (Å²) in [6.07, 6.45) is 1.25. The molecule has 0 aromatic rings. The summed E-state index contributed by atoms with van der Waals surface area (Å²) in [5.74, 6) is 0.560. The van der Waals surface area contributed by atoms with Gasteiger partial charge in [-0.15, -0.1) is 0 Å². The number of carbonyl (C=O) groups is 1. The number of rotatable bonds is 1. The molecule has 0 fully saturated rings. The largest absolute Gasteiger partial charge is 0.449 e. The molecule has 1 amide bonds. The van der Waals surface area contributed by atoms with Gasteiger partial charge in [0.1, 0.15) is 0 Å². The Kier molecular flexibility index (Phi) is 2.64. The van der Waals surface area contributed by atoms with E-state index in [0.717, 1.165) is 0 Å². The predicted molar refractivity (Wildman–Crippen MR) is 43.6 cm³/mol. The molecular weight excluding hydrogens is 164 g/mol. The molecule has 2 N–H and O–H groups in total. The molecule has 0 aromatic heterocycles. The Bertz CT molecular complexity index is 193. The number of hydrogen-bond acceptors (Lipinski definition) is 4. The molecule has 5 heteroatoms. The maximum atomic E-state index is 11.0. The molecule has 0 radical (unpaired) electrons. The van der Waals surface area contributed by atoms with Crippen LogP contribution in [0.1, 0.15) is 6.92 Å². The van der Waals surface area contributed by atoms with Gasteiger partial charge in [-0.05, 0) is 6.92 Å². The first kappa shape index (κ1) is 8.26. The van der Waals surface area contributed by atoms with Crippen molar-refractivity contribution in [2.75, 3.05) is 12.5 Å². The fourth-order valence-electron chi connectivity index (χ4n) is 0.684. The van der Waals surface area contributed by atoms with E-state index in [0.29, 0.717) is 17.5 Å². The first-order valence-corrected chi connectivity index (χ1v) is 4.26. The van der Waals surface area contributed by atoms with E-state index < -0.39 is 0 Å². The third-order valence-electron chi connectivity index (χ3n) is 1.16. The number of nitrogens with two attached hydrogens (primary N) is 1. The van der Waals surface area contributed by atoms with Gasteiger partial charge in [-0.1, -0.05) is 11.8 Å². The van der Waals surface area contributed by atoms with E-state index in [2.05, 4.69) is 0 Å². The molecule has 1 heterocycles. The van der Waals surface area contributed by atoms with Crippen molar-refractivity contribution in [2.45, 2.75) is 6.92 Å². The zero-order chi connectivity index (χ0) is 8.27. The minimum atomic E-state index is -0.333. The van der Waals surface area contributed by atoms with Crippen molar-refractivity contribution in [2.24, 2.45) is 5.73 Å². The molecule has 1 aliphatic heterocycles. The Balaban J connectivity index is 2.43. The van der Waals surface area contributed by atoms with Gasteiger partial charge < -0.3 is 10.5 Å². The summed E-state index contributed by atoms with van der Waals surface area (Å²) >= 11 is 1.42. The SMILES string of the molecule is CCOC(=O)N1C=C(N)SC1. The van der Waals surface area contributed by atoms with E-state index in [1.807, 2.05) is 0 Å². The minimum Gasteiger partial charge on any atom is -0.449 e. The van der Waals surface area contributed by atoms with Gasteiger partial charge in [0.2, 0.25) is 0 Å². The monoisotopic (exact) mass is 174 g/mol. The van der Waals surface area contributed by atoms with Gasteiger partial charge in [-0.2, -0.15) is 0 Å². The Labute approximate surface area is 69.4 Å². The summed E-state index contributed by atoms with van der Waals surface area (Å²) < 4.78 is 4.75. The van der Waals surface area contributed by atoms with Crippen LogP contribution in [0.2, 0.25) is 0 Å². The van der Waals surface area contributed by atoms with Gasteiger partial charge in [-0.3, -0.25) is 4.90 Å². The van der Waals surface area contributed by atoms with Crippen LogP contribution in [0.25, 0.3) is 0 Å². The van der Waals surface area contributed by atoms with E-state index in [9.17, 15) is 4.79 Å². The smallest absolute Gasteiger partial charge is 0.414 e. The summed E-state index contributed by atoms with van der Waals surface area (Å²) in [5.41, 5.74) is 5.43. The van der Waals surface area contributed by atoms with Crippen molar-refractivity contribution in [1.82, 2.24) is 4.90 Å². The van der Waals surface area contributed by atoms with Gasteiger partial charge in [0.05, 0.1) is 17.5 Å². The summed E-state index contributed by atoms with van der Waals surface area (Å²) in [4.78, 5) is 12.4. The fraction of sp³-hybridized carbons (Fsp3) is 0.500. The number of hydrogen-bond donors (Lipinski definition) is 1. The number of thioether (sulfide) groups is 1. The molecule has 0 saturated carbocycles. The number of nitrogens with zero attached hydrogens (tertiary/aromatic N) is 1. The Hall–Kier alpha value is -0.840. The number of carbonyl (C=O) groups excluding carboxylic acids is 1. The van der Waals surface area contributed by atoms with Crippen LogP contribution < -0.4 is 5.73 Å². The molecule has 11 heavy (non-hydrogen) atoms. The van der Waals surface area contributed by atoms with Crippen LogP contribution in [0, 0.1) is 0 Å². The molecular formula is C6H10N2O2S. The van der Waals surface area contributed by atoms with E-state index in [-0.39, 0.29) is 6.09 Å². The number of amides is 1. The third kappa shape index (κ3) is 2.04. The summed E-state index contributed by atoms with van der Waals surface area (Å²) in [6.45, 7) is 2.17. The van der Waals surface area contributed by atoms with Gasteiger partial charge in [0.15, 0.2) is 0 Å². The van der Waals surface area contributed by atoms with Crippen molar-refractivity contribution in [3.63, 3.8) is 0 Å². The van der Waals surface area contributed by atoms with E-state index in [4.69, 9.17) is 10.5 Å². The molecule has 0 spiro atoms. The molecule has 0 aliphatic carbocycles. The molecule has 0 bridgehead atoms. The van der Waals surface area contributed by atoms with Crippen LogP contribution in [0.5, 0.6) is 0 Å². The average molecular weight is 174 g/mol. The lowest BCUT2D eigenvalue weighted by Gasteiger charge is -2.10. The quantitative estimate of drug-likeness (QED) is 0.642. The zero-order valence-corrected chi connectivity index (χ0v) is 7.06. The van der Waals surface area contributed by atoms with Crippen LogP contribution in [-0.4, -0.2) is 23.5 Å². The Morgan fingerprint density at radius 3 is 3.18 bits per heavy atom. The van der Waals surface area contributed by atoms with Crippen LogP contribution in [-0.2, 0) is 4.74 Å². The molecule has 1 rings (SSSR count). The lowest BCUT2D eigenvalue weighted by Crippen LogP contribution is -2.23. The fourth-order valence-corrected chi connectivity index (χ4v) is 1.35. The third-order valence-corrected chi connectivity index (χ3v) is 2.00. The van der Waals surface area contributed by atoms with Crippen LogP contribution >= 0.6 is 11.8 Å². The first-order valence-electron chi connectivity index (χ1n) is 3.27. The lowest BCUT2D eigenvalue weighted by atomic mass is 10.7. The maximum absolute atomic E-state index is 11.0. The molecule has 0 aromatic carbocycles. The standard InChI is InChI=1S/C6H10N2O2S/c1-2-10-6(9)8-3-5(7)11-4-8/h3H,2,4,7H2,1H3. The molecule has 0 atom stereocenters. The first-order chi connectivity index (χ1) is 5.24. The van der Waals surface area contributed by atoms with Crippen LogP contribution in [0.15, 0.2) is 11.2 Å². The molecule has 4 nitrogen and oxygen atoms in total. The topological polar surface area (TPSA) is 55.6 Å². The van der Waals surface area contributed by atoms with Crippen molar-refractivity contribution < 1.29 is 9.53 Å². The van der Waals surface area contributed by atoms with E-state index in [1.54, 1.807) is 13.1 Å².